The summed E-state index contributed by atoms with van der Waals surface area (Å²) in [7, 11) is -4.00. The molecule has 1 atom stereocenters. The van der Waals surface area contributed by atoms with Gasteiger partial charge < -0.3 is 4.55 Å². The van der Waals surface area contributed by atoms with E-state index in [1.54, 1.807) is 36.4 Å². The van der Waals surface area contributed by atoms with Crippen molar-refractivity contribution in [2.45, 2.75) is 9.92 Å². The molecular formula is C14H9BrLiNO4S2. The van der Waals surface area contributed by atoms with E-state index in [1.165, 1.54) is 18.2 Å². The smallest absolute Gasteiger partial charge is 0.767 e. The number of hydrogen-bond donors (Lipinski definition) is 0. The predicted molar refractivity (Wildman–Crippen MR) is 85.8 cm³/mol. The first-order chi connectivity index (χ1) is 10.4. The summed E-state index contributed by atoms with van der Waals surface area (Å²) in [4.78, 5) is 0.0297. The van der Waals surface area contributed by atoms with Gasteiger partial charge in [-0.2, -0.15) is 0 Å². The van der Waals surface area contributed by atoms with Gasteiger partial charge in [0.15, 0.2) is 0 Å². The first-order valence-corrected chi connectivity index (χ1v) is 9.43. The Balaban J connectivity index is 0.00000192. The molecule has 0 saturated carbocycles. The molecule has 0 aliphatic rings. The van der Waals surface area contributed by atoms with Crippen molar-refractivity contribution in [1.29, 1.82) is 0 Å². The Labute approximate surface area is 156 Å². The Morgan fingerprint density at radius 3 is 2.30 bits per heavy atom. The van der Waals surface area contributed by atoms with Gasteiger partial charge in [0.25, 0.3) is 10.0 Å². The number of aromatic nitrogens is 1. The van der Waals surface area contributed by atoms with Crippen molar-refractivity contribution in [2.24, 2.45) is 0 Å². The Morgan fingerprint density at radius 1 is 1.04 bits per heavy atom. The average Bonchev–Trinajstić information content (AvgIpc) is 2.87. The second-order valence-corrected chi connectivity index (χ2v) is 8.09. The fourth-order valence-electron chi connectivity index (χ4n) is 2.20. The zero-order chi connectivity index (χ0) is 15.9. The molecule has 9 heteroatoms. The third-order valence-corrected chi connectivity index (χ3v) is 6.13. The van der Waals surface area contributed by atoms with E-state index in [4.69, 9.17) is 0 Å². The molecule has 0 aliphatic heterocycles. The molecule has 23 heavy (non-hydrogen) atoms. The topological polar surface area (TPSA) is 79.2 Å². The Kier molecular flexibility index (Phi) is 5.56. The van der Waals surface area contributed by atoms with E-state index < -0.39 is 21.1 Å². The summed E-state index contributed by atoms with van der Waals surface area (Å²) < 4.78 is 50.1. The maximum atomic E-state index is 12.8. The van der Waals surface area contributed by atoms with Crippen LogP contribution >= 0.6 is 15.9 Å². The van der Waals surface area contributed by atoms with Crippen LogP contribution in [0.5, 0.6) is 0 Å². The molecule has 0 bridgehead atoms. The molecule has 1 aromatic heterocycles. The monoisotopic (exact) mass is 405 g/mol. The van der Waals surface area contributed by atoms with Crippen molar-refractivity contribution in [2.75, 3.05) is 0 Å². The van der Waals surface area contributed by atoms with Crippen LogP contribution in [0.2, 0.25) is 0 Å². The van der Waals surface area contributed by atoms with Gasteiger partial charge in [0.2, 0.25) is 0 Å². The van der Waals surface area contributed by atoms with E-state index in [1.807, 2.05) is 0 Å². The van der Waals surface area contributed by atoms with Crippen molar-refractivity contribution < 1.29 is 36.0 Å². The molecule has 0 spiro atoms. The standard InChI is InChI=1S/C14H10BrNO4S2.Li/c15-11-6-7-13-10(8-11)9-14(21(17)18)16(13)22(19,20)12-4-2-1-3-5-12;/h1-9H,(H,17,18);/q;+1/p-1. The van der Waals surface area contributed by atoms with Gasteiger partial charge in [0, 0.05) is 9.86 Å². The summed E-state index contributed by atoms with van der Waals surface area (Å²) in [5.74, 6) is 0. The van der Waals surface area contributed by atoms with Gasteiger partial charge in [0.1, 0.15) is 5.03 Å². The molecule has 0 N–H and O–H groups in total. The Hall–Kier alpha value is -0.883. The van der Waals surface area contributed by atoms with Crippen LogP contribution in [0.1, 0.15) is 0 Å². The third kappa shape index (κ3) is 3.33. The maximum Gasteiger partial charge on any atom is 1.00 e. The van der Waals surface area contributed by atoms with E-state index in [0.717, 1.165) is 8.45 Å². The van der Waals surface area contributed by atoms with Crippen molar-refractivity contribution in [3.8, 4) is 0 Å². The minimum Gasteiger partial charge on any atom is -0.767 e. The second kappa shape index (κ2) is 6.93. The molecule has 0 saturated heterocycles. The summed E-state index contributed by atoms with van der Waals surface area (Å²) in [6, 6.07) is 14.0. The first-order valence-electron chi connectivity index (χ1n) is 6.12. The molecule has 2 aromatic carbocycles. The van der Waals surface area contributed by atoms with Crippen molar-refractivity contribution in [3.05, 3.63) is 59.1 Å². The molecule has 1 heterocycles. The van der Waals surface area contributed by atoms with E-state index in [0.29, 0.717) is 10.9 Å². The number of nitrogens with zero attached hydrogens (tertiary/aromatic N) is 1. The van der Waals surface area contributed by atoms with E-state index in [9.17, 15) is 17.2 Å². The normalized spacial score (nSPS) is 12.8. The van der Waals surface area contributed by atoms with Crippen LogP contribution in [0, 0.1) is 0 Å². The SMILES string of the molecule is O=S([O-])c1cc2cc(Br)ccc2n1S(=O)(=O)c1ccccc1.[Li+]. The van der Waals surface area contributed by atoms with Gasteiger partial charge in [0.05, 0.1) is 10.4 Å². The molecule has 1 unspecified atom stereocenters. The molecule has 0 fully saturated rings. The van der Waals surface area contributed by atoms with Gasteiger partial charge in [-0.3, -0.25) is 4.21 Å². The van der Waals surface area contributed by atoms with Gasteiger partial charge in [-0.05, 0) is 47.5 Å². The van der Waals surface area contributed by atoms with Crippen LogP contribution in [-0.4, -0.2) is 21.2 Å². The number of hydrogen-bond acceptors (Lipinski definition) is 4. The van der Waals surface area contributed by atoms with Crippen LogP contribution in [0.15, 0.2) is 69.0 Å². The zero-order valence-corrected chi connectivity index (χ0v) is 15.2. The van der Waals surface area contributed by atoms with Crippen molar-refractivity contribution >= 4 is 47.9 Å². The number of halogens is 1. The van der Waals surface area contributed by atoms with Crippen LogP contribution in [0.3, 0.4) is 0 Å². The molecule has 3 aromatic rings. The number of benzene rings is 2. The minimum absolute atomic E-state index is 0. The summed E-state index contributed by atoms with van der Waals surface area (Å²) in [5.41, 5.74) is 0.311. The third-order valence-electron chi connectivity index (χ3n) is 3.14. The van der Waals surface area contributed by atoms with Gasteiger partial charge in [-0.25, -0.2) is 12.4 Å². The minimum atomic E-state index is -4.00. The molecule has 0 aliphatic carbocycles. The van der Waals surface area contributed by atoms with E-state index >= 15 is 0 Å². The van der Waals surface area contributed by atoms with Crippen molar-refractivity contribution in [3.63, 3.8) is 0 Å². The van der Waals surface area contributed by atoms with Gasteiger partial charge >= 0.3 is 18.9 Å². The Morgan fingerprint density at radius 2 is 1.70 bits per heavy atom. The molecule has 0 radical (unpaired) electrons. The van der Waals surface area contributed by atoms with Gasteiger partial charge in [-0.1, -0.05) is 34.1 Å². The molecule has 3 rings (SSSR count). The zero-order valence-electron chi connectivity index (χ0n) is 12.0. The van der Waals surface area contributed by atoms with Crippen LogP contribution in [-0.2, 0) is 21.1 Å². The van der Waals surface area contributed by atoms with Crippen LogP contribution in [0.25, 0.3) is 10.9 Å². The van der Waals surface area contributed by atoms with E-state index in [2.05, 4.69) is 15.9 Å². The fourth-order valence-corrected chi connectivity index (χ4v) is 4.94. The van der Waals surface area contributed by atoms with Crippen LogP contribution in [0.4, 0.5) is 0 Å². The Bertz CT molecular complexity index is 987. The second-order valence-electron chi connectivity index (χ2n) is 4.50. The van der Waals surface area contributed by atoms with Crippen LogP contribution < -0.4 is 18.9 Å². The predicted octanol–water partition coefficient (Wildman–Crippen LogP) is -0.117. The van der Waals surface area contributed by atoms with E-state index in [-0.39, 0.29) is 28.8 Å². The summed E-state index contributed by atoms with van der Waals surface area (Å²) >= 11 is 0.604. The molecule has 114 valence electrons. The fraction of sp³-hybridized carbons (Fsp3) is 0. The first kappa shape index (κ1) is 18.5. The number of rotatable bonds is 3. The average molecular weight is 406 g/mol. The molecule has 5 nitrogen and oxygen atoms in total. The van der Waals surface area contributed by atoms with Gasteiger partial charge in [-0.15, -0.1) is 0 Å². The summed E-state index contributed by atoms with van der Waals surface area (Å²) in [5, 5.41) is 0.227. The molecule has 0 amide bonds. The quantitative estimate of drug-likeness (QED) is 0.449. The molecular weight excluding hydrogens is 397 g/mol. The summed E-state index contributed by atoms with van der Waals surface area (Å²) in [6.07, 6.45) is 0. The van der Waals surface area contributed by atoms with Crippen molar-refractivity contribution in [1.82, 2.24) is 3.97 Å². The maximum absolute atomic E-state index is 12.8. The summed E-state index contributed by atoms with van der Waals surface area (Å²) in [6.45, 7) is 0. The largest absolute Gasteiger partial charge is 1.00 e. The number of fused-ring (bicyclic) bond motifs is 1.